The summed E-state index contributed by atoms with van der Waals surface area (Å²) in [5.74, 6) is -1.91. The molecule has 0 aromatic heterocycles. The molecule has 0 aliphatic carbocycles. The monoisotopic (exact) mass is 580 g/mol. The van der Waals surface area contributed by atoms with Gasteiger partial charge in [0.2, 0.25) is 6.29 Å². The van der Waals surface area contributed by atoms with Gasteiger partial charge < -0.3 is 48.5 Å². The number of ether oxygens (including phenoxy) is 7. The summed E-state index contributed by atoms with van der Waals surface area (Å²) in [4.78, 5) is 32.0. The number of esters is 2. The first kappa shape index (κ1) is 41.8. The van der Waals surface area contributed by atoms with Gasteiger partial charge in [-0.25, -0.2) is 14.4 Å². The number of aliphatic hydroxyl groups is 2. The van der Waals surface area contributed by atoms with E-state index in [2.05, 4.69) is 26.7 Å². The number of carboxylic acids is 1. The average Bonchev–Trinajstić information content (AvgIpc) is 2.90. The highest BCUT2D eigenvalue weighted by molar-refractivity contribution is 5.87. The van der Waals surface area contributed by atoms with Gasteiger partial charge in [0, 0.05) is 30.4 Å². The zero-order valence-electron chi connectivity index (χ0n) is 24.5. The molecule has 2 atom stereocenters. The minimum absolute atomic E-state index is 0.0261. The summed E-state index contributed by atoms with van der Waals surface area (Å²) >= 11 is 0. The lowest BCUT2D eigenvalue weighted by molar-refractivity contribution is -0.180. The molecule has 0 saturated heterocycles. The fourth-order valence-electron chi connectivity index (χ4n) is 1.75. The maximum absolute atomic E-state index is 11.3. The van der Waals surface area contributed by atoms with Crippen molar-refractivity contribution < 1.29 is 62.9 Å². The Kier molecular flexibility index (Phi) is 30.7. The SMILES string of the molecule is C=C(C)C(=O)O.C=C(C)C(=O)OCCOCCOCC(OC)OC(=O)C(=C)C.CCCCOC(O)COCCO. The van der Waals surface area contributed by atoms with Crippen molar-refractivity contribution in [3.05, 3.63) is 36.5 Å². The molecule has 3 N–H and O–H groups in total. The Morgan fingerprint density at radius 3 is 1.77 bits per heavy atom. The van der Waals surface area contributed by atoms with Crippen LogP contribution in [0.2, 0.25) is 0 Å². The van der Waals surface area contributed by atoms with E-state index in [1.165, 1.54) is 14.0 Å². The topological polar surface area (TPSA) is 177 Å². The minimum Gasteiger partial charge on any atom is -0.478 e. The number of carbonyl (C=O) groups excluding carboxylic acids is 2. The average molecular weight is 581 g/mol. The van der Waals surface area contributed by atoms with Crippen molar-refractivity contribution in [2.45, 2.75) is 53.1 Å². The molecule has 0 radical (unpaired) electrons. The van der Waals surface area contributed by atoms with Gasteiger partial charge in [-0.05, 0) is 27.2 Å². The maximum atomic E-state index is 11.3. The Labute approximate surface area is 237 Å². The van der Waals surface area contributed by atoms with Gasteiger partial charge in [0.15, 0.2) is 6.29 Å². The van der Waals surface area contributed by atoms with Crippen LogP contribution in [0, 0.1) is 0 Å². The molecule has 0 saturated carbocycles. The van der Waals surface area contributed by atoms with Crippen molar-refractivity contribution in [1.82, 2.24) is 0 Å². The summed E-state index contributed by atoms with van der Waals surface area (Å²) in [5.41, 5.74) is 0.808. The molecule has 0 amide bonds. The smallest absolute Gasteiger partial charge is 0.335 e. The van der Waals surface area contributed by atoms with Gasteiger partial charge in [-0.2, -0.15) is 0 Å². The van der Waals surface area contributed by atoms with Gasteiger partial charge in [0.1, 0.15) is 13.2 Å². The molecule has 2 unspecified atom stereocenters. The maximum Gasteiger partial charge on any atom is 0.335 e. The number of methoxy groups -OCH3 is 1. The summed E-state index contributed by atoms with van der Waals surface area (Å²) < 4.78 is 35.0. The van der Waals surface area contributed by atoms with E-state index in [1.54, 1.807) is 13.8 Å². The van der Waals surface area contributed by atoms with Gasteiger partial charge in [0.05, 0.1) is 39.6 Å². The van der Waals surface area contributed by atoms with Crippen molar-refractivity contribution in [2.24, 2.45) is 0 Å². The number of aliphatic hydroxyl groups excluding tert-OH is 2. The lowest BCUT2D eigenvalue weighted by atomic mass is 10.4. The van der Waals surface area contributed by atoms with E-state index in [4.69, 9.17) is 48.5 Å². The molecule has 0 aromatic rings. The van der Waals surface area contributed by atoms with Crippen LogP contribution in [0.25, 0.3) is 0 Å². The van der Waals surface area contributed by atoms with E-state index in [1.807, 2.05) is 0 Å². The zero-order valence-corrected chi connectivity index (χ0v) is 24.5. The highest BCUT2D eigenvalue weighted by atomic mass is 16.7. The van der Waals surface area contributed by atoms with E-state index in [0.29, 0.717) is 25.4 Å². The van der Waals surface area contributed by atoms with Crippen molar-refractivity contribution in [1.29, 1.82) is 0 Å². The van der Waals surface area contributed by atoms with Crippen LogP contribution in [0.15, 0.2) is 36.5 Å². The van der Waals surface area contributed by atoms with Crippen LogP contribution in [0.3, 0.4) is 0 Å². The third-order valence-electron chi connectivity index (χ3n) is 3.95. The number of unbranched alkanes of at least 4 members (excludes halogenated alkanes) is 1. The molecule has 234 valence electrons. The largest absolute Gasteiger partial charge is 0.478 e. The predicted octanol–water partition coefficient (Wildman–Crippen LogP) is 2.01. The molecule has 0 aliphatic rings. The molecular weight excluding hydrogens is 532 g/mol. The van der Waals surface area contributed by atoms with E-state index in [0.717, 1.165) is 12.8 Å². The standard InChI is InChI=1S/C15H24O7.C8H18O4.C4H6O2/c1-11(2)14(16)21-9-8-19-6-7-20-10-13(18-5)22-15(17)12(3)4;1-2-3-5-12-8(10)7-11-6-4-9;1-3(2)4(5)6/h13H,1,3,6-10H2,2,4-5H3;8-10H,2-7H2,1H3;1H2,2H3,(H,5,6). The Morgan fingerprint density at radius 2 is 1.30 bits per heavy atom. The van der Waals surface area contributed by atoms with Crippen molar-refractivity contribution in [2.75, 3.05) is 66.6 Å². The van der Waals surface area contributed by atoms with Crippen LogP contribution < -0.4 is 0 Å². The summed E-state index contributed by atoms with van der Waals surface area (Å²) in [6, 6.07) is 0. The molecule has 13 nitrogen and oxygen atoms in total. The Hall–Kier alpha value is -2.65. The van der Waals surface area contributed by atoms with Crippen molar-refractivity contribution >= 4 is 17.9 Å². The fraction of sp³-hybridized carbons (Fsp3) is 0.667. The van der Waals surface area contributed by atoms with Crippen LogP contribution in [0.4, 0.5) is 0 Å². The number of hydrogen-bond acceptors (Lipinski definition) is 12. The summed E-state index contributed by atoms with van der Waals surface area (Å²) in [5, 5.41) is 25.3. The molecule has 13 heteroatoms. The second kappa shape index (κ2) is 29.3. The summed E-state index contributed by atoms with van der Waals surface area (Å²) in [6.07, 6.45) is 0.338. The first-order chi connectivity index (χ1) is 18.8. The van der Waals surface area contributed by atoms with E-state index in [9.17, 15) is 14.4 Å². The van der Waals surface area contributed by atoms with Gasteiger partial charge in [-0.15, -0.1) is 0 Å². The van der Waals surface area contributed by atoms with Crippen LogP contribution in [-0.2, 0) is 47.5 Å². The fourth-order valence-corrected chi connectivity index (χ4v) is 1.75. The zero-order chi connectivity index (χ0) is 31.3. The Morgan fingerprint density at radius 1 is 0.775 bits per heavy atom. The van der Waals surface area contributed by atoms with Crippen LogP contribution in [0.1, 0.15) is 40.5 Å². The molecular formula is C27H48O13. The van der Waals surface area contributed by atoms with Gasteiger partial charge in [-0.1, -0.05) is 33.1 Å². The highest BCUT2D eigenvalue weighted by Gasteiger charge is 2.14. The lowest BCUT2D eigenvalue weighted by Crippen LogP contribution is -2.26. The number of aliphatic carboxylic acids is 1. The molecule has 0 aromatic carbocycles. The molecule has 0 aliphatic heterocycles. The number of hydrogen-bond donors (Lipinski definition) is 3. The first-order valence-corrected chi connectivity index (χ1v) is 12.6. The van der Waals surface area contributed by atoms with Gasteiger partial charge >= 0.3 is 17.9 Å². The van der Waals surface area contributed by atoms with E-state index >= 15 is 0 Å². The lowest BCUT2D eigenvalue weighted by Gasteiger charge is -2.16. The summed E-state index contributed by atoms with van der Waals surface area (Å²) in [6.45, 7) is 18.7. The normalized spacial score (nSPS) is 11.5. The van der Waals surface area contributed by atoms with E-state index in [-0.39, 0.29) is 50.8 Å². The molecule has 0 fully saturated rings. The van der Waals surface area contributed by atoms with Crippen molar-refractivity contribution in [3.8, 4) is 0 Å². The quantitative estimate of drug-likeness (QED) is 0.0778. The Balaban J connectivity index is -0.000000631. The molecule has 0 heterocycles. The van der Waals surface area contributed by atoms with Gasteiger partial charge in [-0.3, -0.25) is 0 Å². The molecule has 0 bridgehead atoms. The second-order valence-electron chi connectivity index (χ2n) is 8.02. The third-order valence-corrected chi connectivity index (χ3v) is 3.95. The number of carbonyl (C=O) groups is 3. The second-order valence-corrected chi connectivity index (χ2v) is 8.02. The predicted molar refractivity (Wildman–Crippen MR) is 146 cm³/mol. The van der Waals surface area contributed by atoms with Crippen LogP contribution in [-0.4, -0.2) is 112 Å². The van der Waals surface area contributed by atoms with Crippen LogP contribution >= 0.6 is 0 Å². The molecule has 40 heavy (non-hydrogen) atoms. The highest BCUT2D eigenvalue weighted by Crippen LogP contribution is 2.00. The Bertz CT molecular complexity index is 699. The molecule has 0 spiro atoms. The minimum atomic E-state index is -0.935. The number of rotatable bonds is 21. The number of carboxylic acid groups (broad SMARTS) is 1. The van der Waals surface area contributed by atoms with Gasteiger partial charge in [0.25, 0.3) is 0 Å². The molecule has 0 rings (SSSR count). The van der Waals surface area contributed by atoms with Crippen molar-refractivity contribution in [3.63, 3.8) is 0 Å². The van der Waals surface area contributed by atoms with E-state index < -0.39 is 30.5 Å². The summed E-state index contributed by atoms with van der Waals surface area (Å²) in [7, 11) is 1.41. The third kappa shape index (κ3) is 31.6. The van der Waals surface area contributed by atoms with Crippen LogP contribution in [0.5, 0.6) is 0 Å². The first-order valence-electron chi connectivity index (χ1n) is 12.6.